The lowest BCUT2D eigenvalue weighted by atomic mass is 10.1. The van der Waals surface area contributed by atoms with E-state index in [0.29, 0.717) is 17.7 Å². The third-order valence-electron chi connectivity index (χ3n) is 4.41. The molecule has 0 bridgehead atoms. The Hall–Kier alpha value is -3.20. The van der Waals surface area contributed by atoms with Gasteiger partial charge in [-0.25, -0.2) is 8.42 Å². The number of pyridine rings is 1. The number of halogens is 3. The summed E-state index contributed by atoms with van der Waals surface area (Å²) in [5.74, 6) is -0.441. The highest BCUT2D eigenvalue weighted by Gasteiger charge is 2.31. The van der Waals surface area contributed by atoms with Gasteiger partial charge in [0.1, 0.15) is 5.69 Å². The molecule has 0 atom stereocenters. The smallest absolute Gasteiger partial charge is 0.320 e. The summed E-state index contributed by atoms with van der Waals surface area (Å²) in [4.78, 5) is 16.0. The average Bonchev–Trinajstić information content (AvgIpc) is 2.74. The van der Waals surface area contributed by atoms with Gasteiger partial charge in [0.15, 0.2) is 0 Å². The largest absolute Gasteiger partial charge is 0.416 e. The molecule has 30 heavy (non-hydrogen) atoms. The van der Waals surface area contributed by atoms with E-state index in [-0.39, 0.29) is 15.5 Å². The van der Waals surface area contributed by atoms with Gasteiger partial charge < -0.3 is 5.32 Å². The first-order valence-corrected chi connectivity index (χ1v) is 10.4. The second kappa shape index (κ2) is 8.27. The van der Waals surface area contributed by atoms with Crippen molar-refractivity contribution >= 4 is 21.4 Å². The molecule has 0 saturated heterocycles. The maximum absolute atomic E-state index is 12.8. The summed E-state index contributed by atoms with van der Waals surface area (Å²) < 4.78 is 63.8. The Balaban J connectivity index is 1.90. The number of carbonyl (C=O) groups is 1. The summed E-state index contributed by atoms with van der Waals surface area (Å²) in [6.07, 6.45) is -2.64. The van der Waals surface area contributed by atoms with Crippen molar-refractivity contribution in [3.63, 3.8) is 0 Å². The SMILES string of the molecule is CCc1cc(S(=O)(=O)c2ccc(C(F)(F)F)cc2)ccc1NC(=O)c1ccccn1. The van der Waals surface area contributed by atoms with E-state index in [1.165, 1.54) is 24.4 Å². The predicted molar refractivity (Wildman–Crippen MR) is 105 cm³/mol. The van der Waals surface area contributed by atoms with Gasteiger partial charge in [-0.3, -0.25) is 9.78 Å². The number of amides is 1. The number of nitrogens with one attached hydrogen (secondary N) is 1. The van der Waals surface area contributed by atoms with Crippen molar-refractivity contribution in [3.05, 3.63) is 83.7 Å². The third-order valence-corrected chi connectivity index (χ3v) is 6.17. The van der Waals surface area contributed by atoms with E-state index < -0.39 is 27.5 Å². The highest BCUT2D eigenvalue weighted by molar-refractivity contribution is 7.91. The summed E-state index contributed by atoms with van der Waals surface area (Å²) in [6, 6.07) is 12.4. The first kappa shape index (κ1) is 21.5. The molecule has 0 fully saturated rings. The molecule has 3 aromatic rings. The Morgan fingerprint density at radius 1 is 1.00 bits per heavy atom. The zero-order valence-corrected chi connectivity index (χ0v) is 16.6. The predicted octanol–water partition coefficient (Wildman–Crippen LogP) is 4.75. The van der Waals surface area contributed by atoms with Crippen molar-refractivity contribution in [1.29, 1.82) is 0 Å². The van der Waals surface area contributed by atoms with Crippen LogP contribution >= 0.6 is 0 Å². The standard InChI is InChI=1S/C21H17F3N2O3S/c1-2-14-13-17(10-11-18(14)26-20(27)19-5-3-4-12-25-19)30(28,29)16-8-6-15(7-9-16)21(22,23)24/h3-13H,2H2,1H3,(H,26,27). The maximum atomic E-state index is 12.8. The molecule has 0 saturated carbocycles. The second-order valence-electron chi connectivity index (χ2n) is 6.37. The number of hydrogen-bond acceptors (Lipinski definition) is 4. The van der Waals surface area contributed by atoms with Crippen LogP contribution in [0.2, 0.25) is 0 Å². The van der Waals surface area contributed by atoms with Crippen LogP contribution in [-0.2, 0) is 22.4 Å². The molecule has 1 N–H and O–H groups in total. The Morgan fingerprint density at radius 2 is 1.67 bits per heavy atom. The number of sulfone groups is 1. The third kappa shape index (κ3) is 4.51. The average molecular weight is 434 g/mol. The van der Waals surface area contributed by atoms with Crippen molar-refractivity contribution in [2.24, 2.45) is 0 Å². The summed E-state index contributed by atoms with van der Waals surface area (Å²) in [7, 11) is -4.02. The van der Waals surface area contributed by atoms with Crippen LogP contribution in [0.1, 0.15) is 28.5 Å². The molecule has 5 nitrogen and oxygen atoms in total. The van der Waals surface area contributed by atoms with Crippen molar-refractivity contribution in [3.8, 4) is 0 Å². The topological polar surface area (TPSA) is 76.1 Å². The Labute approximate surface area is 171 Å². The van der Waals surface area contributed by atoms with Crippen LogP contribution in [0.5, 0.6) is 0 Å². The summed E-state index contributed by atoms with van der Waals surface area (Å²) in [5.41, 5.74) is 0.274. The highest BCUT2D eigenvalue weighted by atomic mass is 32.2. The van der Waals surface area contributed by atoms with Crippen LogP contribution in [0.4, 0.5) is 18.9 Å². The van der Waals surface area contributed by atoms with Gasteiger partial charge >= 0.3 is 6.18 Å². The maximum Gasteiger partial charge on any atom is 0.416 e. The lowest BCUT2D eigenvalue weighted by Crippen LogP contribution is -2.15. The minimum absolute atomic E-state index is 0.0741. The van der Waals surface area contributed by atoms with Crippen LogP contribution < -0.4 is 5.32 Å². The number of rotatable bonds is 5. The van der Waals surface area contributed by atoms with Gasteiger partial charge in [0.05, 0.1) is 15.4 Å². The minimum atomic E-state index is -4.55. The van der Waals surface area contributed by atoms with E-state index in [0.717, 1.165) is 24.3 Å². The fourth-order valence-corrected chi connectivity index (χ4v) is 4.11. The fourth-order valence-electron chi connectivity index (χ4n) is 2.79. The van der Waals surface area contributed by atoms with Crippen LogP contribution in [0.25, 0.3) is 0 Å². The molecule has 0 aliphatic rings. The molecule has 9 heteroatoms. The quantitative estimate of drug-likeness (QED) is 0.629. The first-order valence-electron chi connectivity index (χ1n) is 8.90. The fraction of sp³-hybridized carbons (Fsp3) is 0.143. The Morgan fingerprint density at radius 3 is 2.23 bits per heavy atom. The van der Waals surface area contributed by atoms with Crippen LogP contribution in [0.3, 0.4) is 0 Å². The number of alkyl halides is 3. The van der Waals surface area contributed by atoms with Crippen LogP contribution in [0, 0.1) is 0 Å². The Kier molecular flexibility index (Phi) is 5.93. The van der Waals surface area contributed by atoms with E-state index >= 15 is 0 Å². The molecule has 1 heterocycles. The number of nitrogens with zero attached hydrogens (tertiary/aromatic N) is 1. The summed E-state index contributed by atoms with van der Waals surface area (Å²) in [6.45, 7) is 1.79. The molecule has 156 valence electrons. The van der Waals surface area contributed by atoms with Crippen molar-refractivity contribution < 1.29 is 26.4 Å². The minimum Gasteiger partial charge on any atom is -0.320 e. The van der Waals surface area contributed by atoms with Gasteiger partial charge in [0.25, 0.3) is 5.91 Å². The molecule has 1 aromatic heterocycles. The highest BCUT2D eigenvalue weighted by Crippen LogP contribution is 2.31. The van der Waals surface area contributed by atoms with E-state index in [4.69, 9.17) is 0 Å². The normalized spacial score (nSPS) is 11.9. The zero-order valence-electron chi connectivity index (χ0n) is 15.8. The molecule has 0 spiro atoms. The molecule has 1 amide bonds. The lowest BCUT2D eigenvalue weighted by Gasteiger charge is -2.13. The number of aromatic nitrogens is 1. The van der Waals surface area contributed by atoms with Crippen LogP contribution in [-0.4, -0.2) is 19.3 Å². The molecular weight excluding hydrogens is 417 g/mol. The number of benzene rings is 2. The van der Waals surface area contributed by atoms with E-state index in [1.54, 1.807) is 25.1 Å². The van der Waals surface area contributed by atoms with Crippen molar-refractivity contribution in [2.45, 2.75) is 29.3 Å². The van der Waals surface area contributed by atoms with Gasteiger partial charge in [-0.05, 0) is 66.6 Å². The Bertz CT molecular complexity index is 1160. The summed E-state index contributed by atoms with van der Waals surface area (Å²) in [5, 5.41) is 2.70. The molecular formula is C21H17F3N2O3S. The van der Waals surface area contributed by atoms with Crippen LogP contribution in [0.15, 0.2) is 76.7 Å². The molecule has 2 aromatic carbocycles. The lowest BCUT2D eigenvalue weighted by molar-refractivity contribution is -0.137. The zero-order chi connectivity index (χ0) is 21.9. The van der Waals surface area contributed by atoms with E-state index in [2.05, 4.69) is 10.3 Å². The van der Waals surface area contributed by atoms with Gasteiger partial charge in [0.2, 0.25) is 9.84 Å². The van der Waals surface area contributed by atoms with Gasteiger partial charge in [-0.15, -0.1) is 0 Å². The number of carbonyl (C=O) groups excluding carboxylic acids is 1. The van der Waals surface area contributed by atoms with Gasteiger partial charge in [-0.1, -0.05) is 13.0 Å². The van der Waals surface area contributed by atoms with Crippen molar-refractivity contribution in [1.82, 2.24) is 4.98 Å². The molecule has 0 aliphatic carbocycles. The second-order valence-corrected chi connectivity index (χ2v) is 8.32. The van der Waals surface area contributed by atoms with Gasteiger partial charge in [-0.2, -0.15) is 13.2 Å². The number of hydrogen-bond donors (Lipinski definition) is 1. The molecule has 0 unspecified atom stereocenters. The number of aryl methyl sites for hydroxylation is 1. The monoisotopic (exact) mass is 434 g/mol. The van der Waals surface area contributed by atoms with E-state index in [1.807, 2.05) is 0 Å². The molecule has 0 radical (unpaired) electrons. The van der Waals surface area contributed by atoms with E-state index in [9.17, 15) is 26.4 Å². The first-order chi connectivity index (χ1) is 14.1. The molecule has 0 aliphatic heterocycles. The summed E-state index contributed by atoms with van der Waals surface area (Å²) >= 11 is 0. The molecule has 3 rings (SSSR count). The van der Waals surface area contributed by atoms with Crippen molar-refractivity contribution in [2.75, 3.05) is 5.32 Å². The van der Waals surface area contributed by atoms with Gasteiger partial charge in [0, 0.05) is 11.9 Å². The number of anilines is 1.